The largest absolute Gasteiger partial charge is 0.370 e. The molecule has 1 aliphatic heterocycles. The fourth-order valence-electron chi connectivity index (χ4n) is 7.07. The minimum Gasteiger partial charge on any atom is -0.370 e. The Morgan fingerprint density at radius 2 is 1.82 bits per heavy atom. The molecule has 4 bridgehead atoms. The Hall–Kier alpha value is -1.88. The van der Waals surface area contributed by atoms with Gasteiger partial charge >= 0.3 is 0 Å². The van der Waals surface area contributed by atoms with Crippen LogP contribution in [0.2, 0.25) is 0 Å². The van der Waals surface area contributed by atoms with Gasteiger partial charge in [0.25, 0.3) is 0 Å². The Balaban J connectivity index is 1.38. The Bertz CT molecular complexity index is 763. The second kappa shape index (κ2) is 6.58. The summed E-state index contributed by atoms with van der Waals surface area (Å²) in [5.74, 6) is 1.49. The van der Waals surface area contributed by atoms with Crippen molar-refractivity contribution in [2.45, 2.75) is 57.1 Å². The summed E-state index contributed by atoms with van der Waals surface area (Å²) in [5.41, 5.74) is 0.696. The van der Waals surface area contributed by atoms with Gasteiger partial charge in [0.15, 0.2) is 0 Å². The summed E-state index contributed by atoms with van der Waals surface area (Å²) in [6.45, 7) is 3.50. The third kappa shape index (κ3) is 3.04. The van der Waals surface area contributed by atoms with Gasteiger partial charge in [-0.1, -0.05) is 30.3 Å². The van der Waals surface area contributed by atoms with Gasteiger partial charge in [0.1, 0.15) is 6.10 Å². The quantitative estimate of drug-likeness (QED) is 0.874. The summed E-state index contributed by atoms with van der Waals surface area (Å²) in [6, 6.07) is 10.2. The van der Waals surface area contributed by atoms with Crippen LogP contribution in [-0.4, -0.2) is 41.9 Å². The fourth-order valence-corrected chi connectivity index (χ4v) is 7.07. The average molecular weight is 383 g/mol. The van der Waals surface area contributed by atoms with E-state index in [0.717, 1.165) is 37.7 Å². The number of nitrogens with one attached hydrogen (secondary N) is 1. The Kier molecular flexibility index (Phi) is 4.27. The molecule has 5 atom stereocenters. The minimum absolute atomic E-state index is 0.0417. The number of carbonyl (C=O) groups excluding carboxylic acids is 2. The van der Waals surface area contributed by atoms with Crippen LogP contribution in [0, 0.1) is 17.3 Å². The summed E-state index contributed by atoms with van der Waals surface area (Å²) in [5, 5.41) is 3.27. The molecule has 0 radical (unpaired) electrons. The first-order valence-corrected chi connectivity index (χ1v) is 10.7. The number of hydrogen-bond donors (Lipinski definition) is 1. The van der Waals surface area contributed by atoms with E-state index in [-0.39, 0.29) is 23.0 Å². The second-order valence-electron chi connectivity index (χ2n) is 9.72. The van der Waals surface area contributed by atoms with E-state index in [2.05, 4.69) is 22.3 Å². The number of benzene rings is 1. The molecule has 0 spiro atoms. The first kappa shape index (κ1) is 18.2. The molecule has 2 amide bonds. The van der Waals surface area contributed by atoms with Gasteiger partial charge < -0.3 is 15.0 Å². The number of morpholine rings is 1. The normalized spacial score (nSPS) is 39.0. The molecule has 5 nitrogen and oxygen atoms in total. The molecule has 4 aliphatic carbocycles. The van der Waals surface area contributed by atoms with E-state index in [1.54, 1.807) is 6.92 Å². The highest BCUT2D eigenvalue weighted by atomic mass is 16.5. The Morgan fingerprint density at radius 3 is 2.50 bits per heavy atom. The van der Waals surface area contributed by atoms with Crippen LogP contribution in [0.5, 0.6) is 0 Å². The summed E-state index contributed by atoms with van der Waals surface area (Å²) >= 11 is 0. The van der Waals surface area contributed by atoms with Crippen LogP contribution in [-0.2, 0) is 14.3 Å². The summed E-state index contributed by atoms with van der Waals surface area (Å²) in [7, 11) is 0. The summed E-state index contributed by atoms with van der Waals surface area (Å²) in [4.78, 5) is 27.7. The lowest BCUT2D eigenvalue weighted by molar-refractivity contribution is -0.169. The monoisotopic (exact) mass is 382 g/mol. The maximum atomic E-state index is 13.8. The predicted octanol–water partition coefficient (Wildman–Crippen LogP) is 3.06. The molecule has 1 heterocycles. The molecule has 1 N–H and O–H groups in total. The molecule has 28 heavy (non-hydrogen) atoms. The zero-order valence-corrected chi connectivity index (χ0v) is 16.7. The van der Waals surface area contributed by atoms with E-state index in [1.807, 2.05) is 18.2 Å². The van der Waals surface area contributed by atoms with E-state index in [4.69, 9.17) is 4.74 Å². The maximum absolute atomic E-state index is 13.8. The number of nitrogens with zero attached hydrogens (tertiary/aromatic N) is 1. The van der Waals surface area contributed by atoms with E-state index >= 15 is 0 Å². The van der Waals surface area contributed by atoms with Gasteiger partial charge in [-0.25, -0.2) is 0 Å². The summed E-state index contributed by atoms with van der Waals surface area (Å²) in [6.07, 6.45) is 6.10. The topological polar surface area (TPSA) is 58.6 Å². The van der Waals surface area contributed by atoms with Crippen LogP contribution in [0.4, 0.5) is 0 Å². The molecule has 5 aliphatic rings. The molecule has 1 aromatic rings. The highest BCUT2D eigenvalue weighted by molar-refractivity contribution is 5.84. The number of hydrogen-bond acceptors (Lipinski definition) is 3. The van der Waals surface area contributed by atoms with Crippen molar-refractivity contribution in [2.75, 3.05) is 19.7 Å². The molecule has 5 fully saturated rings. The van der Waals surface area contributed by atoms with Crippen LogP contribution < -0.4 is 5.32 Å². The smallest absolute Gasteiger partial charge is 0.229 e. The van der Waals surface area contributed by atoms with E-state index in [1.165, 1.54) is 6.42 Å². The van der Waals surface area contributed by atoms with E-state index in [0.29, 0.717) is 37.4 Å². The molecule has 1 aromatic carbocycles. The van der Waals surface area contributed by atoms with Gasteiger partial charge in [-0.3, -0.25) is 9.59 Å². The molecule has 5 heteroatoms. The standard InChI is InChI=1S/C23H30N2O3/c1-16(26)24-23-12-17-9-18(13-23)11-22(10-17,15-23)21(27)25-7-8-28-20(14-25)19-5-3-2-4-6-19/h2-6,17-18,20H,7-15H2,1H3,(H,24,26)/t17-,18+,20-,22?,23?/m1/s1. The molecule has 0 aromatic heterocycles. The SMILES string of the molecule is CC(=O)NC12C[C@H]3C[C@@H](C1)CC(C(=O)N1CCO[C@@H](c4ccccc4)C1)(C3)C2. The van der Waals surface area contributed by atoms with Crippen molar-refractivity contribution in [1.82, 2.24) is 10.2 Å². The maximum Gasteiger partial charge on any atom is 0.229 e. The average Bonchev–Trinajstić information content (AvgIpc) is 2.66. The molecule has 6 rings (SSSR count). The van der Waals surface area contributed by atoms with Crippen LogP contribution in [0.1, 0.15) is 57.1 Å². The van der Waals surface area contributed by atoms with Crippen LogP contribution >= 0.6 is 0 Å². The van der Waals surface area contributed by atoms with Gasteiger partial charge in [0.2, 0.25) is 11.8 Å². The van der Waals surface area contributed by atoms with Crippen LogP contribution in [0.15, 0.2) is 30.3 Å². The lowest BCUT2D eigenvalue weighted by Gasteiger charge is -2.62. The highest BCUT2D eigenvalue weighted by Crippen LogP contribution is 2.62. The summed E-state index contributed by atoms with van der Waals surface area (Å²) < 4.78 is 5.98. The van der Waals surface area contributed by atoms with Crippen molar-refractivity contribution in [3.63, 3.8) is 0 Å². The molecule has 2 unspecified atom stereocenters. The van der Waals surface area contributed by atoms with Crippen molar-refractivity contribution in [1.29, 1.82) is 0 Å². The van der Waals surface area contributed by atoms with Crippen molar-refractivity contribution in [2.24, 2.45) is 17.3 Å². The number of rotatable bonds is 3. The van der Waals surface area contributed by atoms with Crippen molar-refractivity contribution < 1.29 is 14.3 Å². The Labute approximate surface area is 166 Å². The Morgan fingerprint density at radius 1 is 1.11 bits per heavy atom. The second-order valence-corrected chi connectivity index (χ2v) is 9.72. The van der Waals surface area contributed by atoms with Crippen molar-refractivity contribution in [3.05, 3.63) is 35.9 Å². The van der Waals surface area contributed by atoms with Crippen molar-refractivity contribution >= 4 is 11.8 Å². The zero-order chi connectivity index (χ0) is 19.4. The van der Waals surface area contributed by atoms with Gasteiger partial charge in [-0.15, -0.1) is 0 Å². The molecule has 4 saturated carbocycles. The van der Waals surface area contributed by atoms with Gasteiger partial charge in [0.05, 0.1) is 18.6 Å². The fraction of sp³-hybridized carbons (Fsp3) is 0.652. The first-order valence-electron chi connectivity index (χ1n) is 10.7. The van der Waals surface area contributed by atoms with Gasteiger partial charge in [0, 0.05) is 19.0 Å². The number of carbonyl (C=O) groups is 2. The van der Waals surface area contributed by atoms with Gasteiger partial charge in [-0.05, 0) is 55.9 Å². The predicted molar refractivity (Wildman–Crippen MR) is 105 cm³/mol. The third-order valence-corrected chi connectivity index (χ3v) is 7.48. The van der Waals surface area contributed by atoms with Crippen LogP contribution in [0.3, 0.4) is 0 Å². The lowest BCUT2D eigenvalue weighted by atomic mass is 9.46. The first-order chi connectivity index (χ1) is 13.5. The van der Waals surface area contributed by atoms with Gasteiger partial charge in [-0.2, -0.15) is 0 Å². The van der Waals surface area contributed by atoms with E-state index < -0.39 is 0 Å². The van der Waals surface area contributed by atoms with Crippen LogP contribution in [0.25, 0.3) is 0 Å². The lowest BCUT2D eigenvalue weighted by Crippen LogP contribution is -2.66. The minimum atomic E-state index is -0.287. The molecule has 150 valence electrons. The third-order valence-electron chi connectivity index (χ3n) is 7.48. The molecule has 1 saturated heterocycles. The highest BCUT2D eigenvalue weighted by Gasteiger charge is 2.61. The zero-order valence-electron chi connectivity index (χ0n) is 16.7. The van der Waals surface area contributed by atoms with Crippen molar-refractivity contribution in [3.8, 4) is 0 Å². The number of amides is 2. The van der Waals surface area contributed by atoms with E-state index in [9.17, 15) is 9.59 Å². The number of ether oxygens (including phenoxy) is 1. The molecular formula is C23H30N2O3. The molecular weight excluding hydrogens is 352 g/mol.